The van der Waals surface area contributed by atoms with Gasteiger partial charge in [0.15, 0.2) is 0 Å². The van der Waals surface area contributed by atoms with E-state index < -0.39 is 0 Å². The van der Waals surface area contributed by atoms with Crippen molar-refractivity contribution in [3.63, 3.8) is 0 Å². The van der Waals surface area contributed by atoms with Gasteiger partial charge in [0.2, 0.25) is 0 Å². The van der Waals surface area contributed by atoms with Crippen molar-refractivity contribution in [3.05, 3.63) is 53.8 Å². The van der Waals surface area contributed by atoms with E-state index in [0.717, 1.165) is 20.6 Å². The second-order valence-corrected chi connectivity index (χ2v) is 5.53. The summed E-state index contributed by atoms with van der Waals surface area (Å²) in [6.07, 6.45) is 0. The van der Waals surface area contributed by atoms with E-state index in [-0.39, 0.29) is 5.82 Å². The average Bonchev–Trinajstić information content (AvgIpc) is 2.81. The van der Waals surface area contributed by atoms with Gasteiger partial charge >= 0.3 is 0 Å². The number of hydrogen-bond donors (Lipinski definition) is 0. The smallest absolute Gasteiger partial charge is 0.133 e. The zero-order valence-electron chi connectivity index (χ0n) is 9.36. The monoisotopic (exact) mass is 321 g/mol. The molecule has 0 amide bonds. The molecule has 0 aliphatic heterocycles. The van der Waals surface area contributed by atoms with Crippen molar-refractivity contribution in [3.8, 4) is 10.6 Å². The number of fused-ring (bicyclic) bond motifs is 1. The van der Waals surface area contributed by atoms with Crippen molar-refractivity contribution in [2.75, 3.05) is 0 Å². The first-order valence-electron chi connectivity index (χ1n) is 5.48. The first-order valence-corrected chi connectivity index (χ1v) is 7.42. The Bertz CT molecular complexity index is 708. The zero-order chi connectivity index (χ0) is 12.5. The maximum Gasteiger partial charge on any atom is 0.133 e. The Kier molecular flexibility index (Phi) is 3.14. The molecule has 0 bridgehead atoms. The Labute approximate surface area is 116 Å². The van der Waals surface area contributed by atoms with Crippen LogP contribution in [0.15, 0.2) is 42.5 Å². The summed E-state index contributed by atoms with van der Waals surface area (Å²) >= 11 is 4.95. The van der Waals surface area contributed by atoms with Gasteiger partial charge in [0.05, 0.1) is 10.2 Å². The van der Waals surface area contributed by atoms with E-state index in [0.29, 0.717) is 5.56 Å². The second-order valence-electron chi connectivity index (χ2n) is 3.93. The molecule has 90 valence electrons. The number of alkyl halides is 1. The second kappa shape index (κ2) is 4.78. The molecule has 0 N–H and O–H groups in total. The molecular weight excluding hydrogens is 313 g/mol. The fourth-order valence-corrected chi connectivity index (χ4v) is 3.21. The van der Waals surface area contributed by atoms with Crippen molar-refractivity contribution in [1.82, 2.24) is 4.98 Å². The van der Waals surface area contributed by atoms with E-state index >= 15 is 0 Å². The Morgan fingerprint density at radius 1 is 1.17 bits per heavy atom. The maximum absolute atomic E-state index is 13.7. The Morgan fingerprint density at radius 2 is 2.00 bits per heavy atom. The predicted octanol–water partition coefficient (Wildman–Crippen LogP) is 5.00. The van der Waals surface area contributed by atoms with Gasteiger partial charge in [-0.05, 0) is 29.8 Å². The summed E-state index contributed by atoms with van der Waals surface area (Å²) in [4.78, 5) is 4.48. The Hall–Kier alpha value is -1.26. The fraction of sp³-hybridized carbons (Fsp3) is 0.0714. The number of benzene rings is 2. The van der Waals surface area contributed by atoms with Crippen LogP contribution in [0.4, 0.5) is 4.39 Å². The number of aromatic nitrogens is 1. The fourth-order valence-electron chi connectivity index (χ4n) is 1.80. The SMILES string of the molecule is Fc1ccccc1-c1nc2ccc(CBr)cc2s1. The highest BCUT2D eigenvalue weighted by Gasteiger charge is 2.10. The van der Waals surface area contributed by atoms with Crippen molar-refractivity contribution in [2.45, 2.75) is 5.33 Å². The minimum atomic E-state index is -0.225. The van der Waals surface area contributed by atoms with Crippen molar-refractivity contribution in [2.24, 2.45) is 0 Å². The van der Waals surface area contributed by atoms with Gasteiger partial charge in [-0.3, -0.25) is 0 Å². The van der Waals surface area contributed by atoms with Crippen LogP contribution in [0.5, 0.6) is 0 Å². The van der Waals surface area contributed by atoms with Crippen LogP contribution in [-0.2, 0) is 5.33 Å². The van der Waals surface area contributed by atoms with E-state index in [9.17, 15) is 4.39 Å². The minimum absolute atomic E-state index is 0.225. The highest BCUT2D eigenvalue weighted by Crippen LogP contribution is 2.32. The van der Waals surface area contributed by atoms with Crippen LogP contribution in [0.1, 0.15) is 5.56 Å². The molecule has 0 fully saturated rings. The largest absolute Gasteiger partial charge is 0.236 e. The van der Waals surface area contributed by atoms with Crippen LogP contribution < -0.4 is 0 Å². The molecule has 4 heteroatoms. The molecule has 0 unspecified atom stereocenters. The quantitative estimate of drug-likeness (QED) is 0.605. The molecule has 0 saturated heterocycles. The predicted molar refractivity (Wildman–Crippen MR) is 77.6 cm³/mol. The summed E-state index contributed by atoms with van der Waals surface area (Å²) in [6.45, 7) is 0. The van der Waals surface area contributed by atoms with Gasteiger partial charge in [-0.15, -0.1) is 11.3 Å². The third kappa shape index (κ3) is 2.06. The van der Waals surface area contributed by atoms with Gasteiger partial charge in [-0.1, -0.05) is 34.1 Å². The summed E-state index contributed by atoms with van der Waals surface area (Å²) in [5.41, 5.74) is 2.69. The van der Waals surface area contributed by atoms with E-state index in [1.165, 1.54) is 23.0 Å². The van der Waals surface area contributed by atoms with Gasteiger partial charge in [0.25, 0.3) is 0 Å². The molecule has 1 aromatic heterocycles. The normalized spacial score (nSPS) is 11.0. The number of hydrogen-bond acceptors (Lipinski definition) is 2. The third-order valence-electron chi connectivity index (χ3n) is 2.71. The molecule has 0 atom stereocenters. The third-order valence-corrected chi connectivity index (χ3v) is 4.41. The van der Waals surface area contributed by atoms with Gasteiger partial charge in [-0.25, -0.2) is 9.37 Å². The minimum Gasteiger partial charge on any atom is -0.236 e. The first-order chi connectivity index (χ1) is 8.78. The molecule has 18 heavy (non-hydrogen) atoms. The van der Waals surface area contributed by atoms with Gasteiger partial charge in [-0.2, -0.15) is 0 Å². The molecule has 3 rings (SSSR count). The molecule has 3 aromatic rings. The Morgan fingerprint density at radius 3 is 2.78 bits per heavy atom. The van der Waals surface area contributed by atoms with E-state index in [4.69, 9.17) is 0 Å². The van der Waals surface area contributed by atoms with Gasteiger partial charge < -0.3 is 0 Å². The van der Waals surface area contributed by atoms with E-state index in [1.54, 1.807) is 12.1 Å². The summed E-state index contributed by atoms with van der Waals surface area (Å²) in [6, 6.07) is 12.8. The molecular formula is C14H9BrFNS. The highest BCUT2D eigenvalue weighted by atomic mass is 79.9. The van der Waals surface area contributed by atoms with E-state index in [2.05, 4.69) is 27.0 Å². The van der Waals surface area contributed by atoms with Crippen LogP contribution in [0, 0.1) is 5.82 Å². The van der Waals surface area contributed by atoms with Crippen LogP contribution in [0.3, 0.4) is 0 Å². The highest BCUT2D eigenvalue weighted by molar-refractivity contribution is 9.08. The number of nitrogens with zero attached hydrogens (tertiary/aromatic N) is 1. The average molecular weight is 322 g/mol. The molecule has 0 saturated carbocycles. The molecule has 1 heterocycles. The lowest BCUT2D eigenvalue weighted by Gasteiger charge is -1.96. The van der Waals surface area contributed by atoms with Gasteiger partial charge in [0, 0.05) is 10.9 Å². The van der Waals surface area contributed by atoms with Gasteiger partial charge in [0.1, 0.15) is 10.8 Å². The van der Waals surface area contributed by atoms with Crippen molar-refractivity contribution < 1.29 is 4.39 Å². The van der Waals surface area contributed by atoms with Crippen molar-refractivity contribution >= 4 is 37.5 Å². The lowest BCUT2D eigenvalue weighted by molar-refractivity contribution is 0.631. The zero-order valence-corrected chi connectivity index (χ0v) is 11.8. The topological polar surface area (TPSA) is 12.9 Å². The maximum atomic E-state index is 13.7. The lowest BCUT2D eigenvalue weighted by Crippen LogP contribution is -1.81. The molecule has 1 nitrogen and oxygen atoms in total. The summed E-state index contributed by atoms with van der Waals surface area (Å²) < 4.78 is 14.8. The van der Waals surface area contributed by atoms with Crippen molar-refractivity contribution in [1.29, 1.82) is 0 Å². The lowest BCUT2D eigenvalue weighted by atomic mass is 10.2. The standard InChI is InChI=1S/C14H9BrFNS/c15-8-9-5-6-12-13(7-9)18-14(17-12)10-3-1-2-4-11(10)16/h1-7H,8H2. The molecule has 0 spiro atoms. The summed E-state index contributed by atoms with van der Waals surface area (Å²) in [5, 5.41) is 1.55. The number of halogens is 2. The summed E-state index contributed by atoms with van der Waals surface area (Å²) in [7, 11) is 0. The molecule has 0 radical (unpaired) electrons. The van der Waals surface area contributed by atoms with Crippen LogP contribution in [0.2, 0.25) is 0 Å². The van der Waals surface area contributed by atoms with Crippen LogP contribution in [-0.4, -0.2) is 4.98 Å². The molecule has 0 aliphatic rings. The first kappa shape index (κ1) is 11.8. The Balaban J connectivity index is 2.17. The summed E-state index contributed by atoms with van der Waals surface area (Å²) in [5.74, 6) is -0.225. The number of rotatable bonds is 2. The number of thiazole rings is 1. The molecule has 2 aromatic carbocycles. The van der Waals surface area contributed by atoms with Crippen LogP contribution >= 0.6 is 27.3 Å². The van der Waals surface area contributed by atoms with Crippen LogP contribution in [0.25, 0.3) is 20.8 Å². The molecule has 0 aliphatic carbocycles. The van der Waals surface area contributed by atoms with E-state index in [1.807, 2.05) is 18.2 Å².